The summed E-state index contributed by atoms with van der Waals surface area (Å²) < 4.78 is 41.2. The van der Waals surface area contributed by atoms with Crippen molar-refractivity contribution in [2.24, 2.45) is 0 Å². The predicted octanol–water partition coefficient (Wildman–Crippen LogP) is 5.94. The fourth-order valence-electron chi connectivity index (χ4n) is 2.84. The van der Waals surface area contributed by atoms with Gasteiger partial charge in [0.2, 0.25) is 0 Å². The van der Waals surface area contributed by atoms with E-state index < -0.39 is 11.7 Å². The van der Waals surface area contributed by atoms with Crippen molar-refractivity contribution < 1.29 is 13.2 Å². The Labute approximate surface area is 143 Å². The molecule has 0 bridgehead atoms. The van der Waals surface area contributed by atoms with Crippen LogP contribution in [0, 0.1) is 0 Å². The maximum absolute atomic E-state index is 12.8. The highest BCUT2D eigenvalue weighted by Crippen LogP contribution is 2.34. The van der Waals surface area contributed by atoms with Crippen LogP contribution in [-0.2, 0) is 6.18 Å². The fourth-order valence-corrected chi connectivity index (χ4v) is 3.19. The highest BCUT2D eigenvalue weighted by atomic mass is 79.9. The van der Waals surface area contributed by atoms with Gasteiger partial charge in [0.15, 0.2) is 0 Å². The molecule has 4 rings (SSSR count). The minimum Gasteiger partial charge on any atom is -0.300 e. The van der Waals surface area contributed by atoms with E-state index in [1.54, 1.807) is 6.20 Å². The summed E-state index contributed by atoms with van der Waals surface area (Å²) in [7, 11) is 0. The number of benzene rings is 2. The molecule has 0 saturated carbocycles. The van der Waals surface area contributed by atoms with Crippen LogP contribution in [0.5, 0.6) is 0 Å². The molecule has 4 aromatic rings. The Morgan fingerprint density at radius 3 is 2.42 bits per heavy atom. The maximum Gasteiger partial charge on any atom is 0.416 e. The molecule has 2 aromatic heterocycles. The van der Waals surface area contributed by atoms with Crippen molar-refractivity contribution in [3.63, 3.8) is 0 Å². The van der Waals surface area contributed by atoms with Gasteiger partial charge in [0.1, 0.15) is 5.65 Å². The molecule has 0 amide bonds. The number of imidazole rings is 1. The molecular weight excluding hydrogens is 381 g/mol. The van der Waals surface area contributed by atoms with Crippen molar-refractivity contribution in [1.82, 2.24) is 9.38 Å². The predicted molar refractivity (Wildman–Crippen MR) is 90.8 cm³/mol. The monoisotopic (exact) mass is 390 g/mol. The van der Waals surface area contributed by atoms with Crippen molar-refractivity contribution in [2.45, 2.75) is 6.18 Å². The van der Waals surface area contributed by atoms with Crippen LogP contribution in [-0.4, -0.2) is 9.38 Å². The molecular formula is C18H10BrF3N2. The summed E-state index contributed by atoms with van der Waals surface area (Å²) in [5.41, 5.74) is 2.61. The first kappa shape index (κ1) is 15.2. The van der Waals surface area contributed by atoms with E-state index in [4.69, 9.17) is 0 Å². The molecule has 0 aliphatic heterocycles. The van der Waals surface area contributed by atoms with Crippen LogP contribution in [0.15, 0.2) is 65.4 Å². The SMILES string of the molecule is FC(F)(F)c1ccc(-c2cc3nccn3c3cc(Br)ccc23)cc1. The van der Waals surface area contributed by atoms with Gasteiger partial charge in [-0.15, -0.1) is 0 Å². The van der Waals surface area contributed by atoms with E-state index in [0.29, 0.717) is 0 Å². The van der Waals surface area contributed by atoms with Crippen LogP contribution in [0.4, 0.5) is 13.2 Å². The molecule has 6 heteroatoms. The Balaban J connectivity index is 1.98. The van der Waals surface area contributed by atoms with Gasteiger partial charge in [-0.1, -0.05) is 34.1 Å². The van der Waals surface area contributed by atoms with Gasteiger partial charge in [-0.05, 0) is 41.5 Å². The second-order valence-electron chi connectivity index (χ2n) is 5.45. The van der Waals surface area contributed by atoms with Crippen LogP contribution in [0.1, 0.15) is 5.56 Å². The zero-order valence-electron chi connectivity index (χ0n) is 12.2. The molecule has 0 aliphatic rings. The largest absolute Gasteiger partial charge is 0.416 e. The molecule has 0 fully saturated rings. The van der Waals surface area contributed by atoms with E-state index in [1.807, 2.05) is 34.9 Å². The topological polar surface area (TPSA) is 17.3 Å². The number of hydrogen-bond acceptors (Lipinski definition) is 1. The minimum absolute atomic E-state index is 0.653. The lowest BCUT2D eigenvalue weighted by Gasteiger charge is -2.11. The van der Waals surface area contributed by atoms with Crippen molar-refractivity contribution in [2.75, 3.05) is 0 Å². The number of halogens is 4. The fraction of sp³-hybridized carbons (Fsp3) is 0.0556. The van der Waals surface area contributed by atoms with Crippen LogP contribution in [0.3, 0.4) is 0 Å². The molecule has 2 nitrogen and oxygen atoms in total. The summed E-state index contributed by atoms with van der Waals surface area (Å²) in [6.07, 6.45) is -0.772. The van der Waals surface area contributed by atoms with Gasteiger partial charge in [0.05, 0.1) is 11.1 Å². The highest BCUT2D eigenvalue weighted by Gasteiger charge is 2.30. The van der Waals surface area contributed by atoms with Crippen LogP contribution in [0.2, 0.25) is 0 Å². The molecule has 0 saturated heterocycles. The van der Waals surface area contributed by atoms with Crippen LogP contribution >= 0.6 is 15.9 Å². The third-order valence-electron chi connectivity index (χ3n) is 3.98. The number of alkyl halides is 3. The third kappa shape index (κ3) is 2.47. The van der Waals surface area contributed by atoms with E-state index in [0.717, 1.165) is 44.3 Å². The Bertz CT molecular complexity index is 1050. The van der Waals surface area contributed by atoms with Crippen molar-refractivity contribution in [3.05, 3.63) is 71.0 Å². The summed E-state index contributed by atoms with van der Waals surface area (Å²) in [5.74, 6) is 0. The van der Waals surface area contributed by atoms with Gasteiger partial charge in [0, 0.05) is 22.3 Å². The average molecular weight is 391 g/mol. The molecule has 0 radical (unpaired) electrons. The summed E-state index contributed by atoms with van der Waals surface area (Å²) in [4.78, 5) is 4.31. The van der Waals surface area contributed by atoms with Crippen molar-refractivity contribution in [3.8, 4) is 11.1 Å². The summed E-state index contributed by atoms with van der Waals surface area (Å²) in [6, 6.07) is 12.9. The number of rotatable bonds is 1. The van der Waals surface area contributed by atoms with E-state index in [9.17, 15) is 13.2 Å². The minimum atomic E-state index is -4.33. The zero-order chi connectivity index (χ0) is 16.9. The van der Waals surface area contributed by atoms with E-state index in [2.05, 4.69) is 20.9 Å². The quantitative estimate of drug-likeness (QED) is 0.393. The summed E-state index contributed by atoms with van der Waals surface area (Å²) >= 11 is 3.46. The number of hydrogen-bond donors (Lipinski definition) is 0. The first-order chi connectivity index (χ1) is 11.4. The Morgan fingerprint density at radius 2 is 1.71 bits per heavy atom. The number of nitrogens with zero attached hydrogens (tertiary/aromatic N) is 2. The first-order valence-electron chi connectivity index (χ1n) is 7.16. The Hall–Kier alpha value is -2.34. The summed E-state index contributed by atoms with van der Waals surface area (Å²) in [6.45, 7) is 0. The van der Waals surface area contributed by atoms with E-state index >= 15 is 0 Å². The summed E-state index contributed by atoms with van der Waals surface area (Å²) in [5, 5.41) is 0.948. The van der Waals surface area contributed by atoms with Gasteiger partial charge < -0.3 is 0 Å². The van der Waals surface area contributed by atoms with Gasteiger partial charge in [0.25, 0.3) is 0 Å². The molecule has 0 aliphatic carbocycles. The zero-order valence-corrected chi connectivity index (χ0v) is 13.8. The standard InChI is InChI=1S/C18H10BrF3N2/c19-13-5-6-14-15(10-17-23-7-8-24(17)16(14)9-13)11-1-3-12(4-2-11)18(20,21)22/h1-10H. The second-order valence-corrected chi connectivity index (χ2v) is 6.37. The van der Waals surface area contributed by atoms with Crippen LogP contribution in [0.25, 0.3) is 27.7 Å². The van der Waals surface area contributed by atoms with Gasteiger partial charge in [-0.25, -0.2) is 4.98 Å². The molecule has 0 N–H and O–H groups in total. The molecule has 0 spiro atoms. The lowest BCUT2D eigenvalue weighted by Crippen LogP contribution is -2.04. The van der Waals surface area contributed by atoms with Gasteiger partial charge in [-0.2, -0.15) is 13.2 Å². The number of pyridine rings is 1. The van der Waals surface area contributed by atoms with Crippen molar-refractivity contribution >= 4 is 32.5 Å². The van der Waals surface area contributed by atoms with E-state index in [-0.39, 0.29) is 0 Å². The van der Waals surface area contributed by atoms with Gasteiger partial charge >= 0.3 is 6.18 Å². The third-order valence-corrected chi connectivity index (χ3v) is 4.47. The molecule has 24 heavy (non-hydrogen) atoms. The Morgan fingerprint density at radius 1 is 0.958 bits per heavy atom. The molecule has 120 valence electrons. The normalized spacial score (nSPS) is 12.2. The van der Waals surface area contributed by atoms with E-state index in [1.165, 1.54) is 12.1 Å². The molecule has 2 heterocycles. The lowest BCUT2D eigenvalue weighted by molar-refractivity contribution is -0.137. The molecule has 0 atom stereocenters. The van der Waals surface area contributed by atoms with Gasteiger partial charge in [-0.3, -0.25) is 4.40 Å². The lowest BCUT2D eigenvalue weighted by atomic mass is 10.00. The smallest absolute Gasteiger partial charge is 0.300 e. The maximum atomic E-state index is 12.8. The molecule has 0 unspecified atom stereocenters. The highest BCUT2D eigenvalue weighted by molar-refractivity contribution is 9.10. The van der Waals surface area contributed by atoms with Crippen molar-refractivity contribution in [1.29, 1.82) is 0 Å². The first-order valence-corrected chi connectivity index (χ1v) is 7.96. The Kier molecular flexibility index (Phi) is 3.38. The average Bonchev–Trinajstić information content (AvgIpc) is 3.02. The second kappa shape index (κ2) is 5.34. The number of fused-ring (bicyclic) bond motifs is 3. The molecule has 2 aromatic carbocycles. The van der Waals surface area contributed by atoms with Crippen LogP contribution < -0.4 is 0 Å². The number of aromatic nitrogens is 2.